The van der Waals surface area contributed by atoms with Crippen LogP contribution in [0.2, 0.25) is 5.02 Å². The summed E-state index contributed by atoms with van der Waals surface area (Å²) >= 11 is 6.22. The van der Waals surface area contributed by atoms with E-state index >= 15 is 0 Å². The summed E-state index contributed by atoms with van der Waals surface area (Å²) in [5.74, 6) is 3.38. The van der Waals surface area contributed by atoms with Crippen LogP contribution in [0.3, 0.4) is 0 Å². The van der Waals surface area contributed by atoms with Crippen LogP contribution in [0, 0.1) is 17.8 Å². The summed E-state index contributed by atoms with van der Waals surface area (Å²) < 4.78 is 5.83. The van der Waals surface area contributed by atoms with Crippen LogP contribution in [0.25, 0.3) is 11.5 Å². The number of halogens is 1. The highest BCUT2D eigenvalue weighted by atomic mass is 35.5. The number of amides is 1. The van der Waals surface area contributed by atoms with Gasteiger partial charge in [0.2, 0.25) is 17.7 Å². The normalized spacial score (nSPS) is 26.5. The summed E-state index contributed by atoms with van der Waals surface area (Å²) in [7, 11) is 0. The van der Waals surface area contributed by atoms with E-state index in [1.165, 1.54) is 25.7 Å². The van der Waals surface area contributed by atoms with Gasteiger partial charge in [0.1, 0.15) is 0 Å². The van der Waals surface area contributed by atoms with Crippen LogP contribution in [0.5, 0.6) is 0 Å². The van der Waals surface area contributed by atoms with Gasteiger partial charge in [-0.25, -0.2) is 0 Å². The molecule has 5 rings (SSSR count). The summed E-state index contributed by atoms with van der Waals surface area (Å²) in [4.78, 5) is 15.0. The molecule has 3 fully saturated rings. The molecule has 1 aromatic carbocycles. The van der Waals surface area contributed by atoms with Crippen molar-refractivity contribution in [1.82, 2.24) is 15.1 Å². The zero-order valence-electron chi connectivity index (χ0n) is 15.3. The third-order valence-electron chi connectivity index (χ3n) is 6.51. The average molecular weight is 386 g/mol. The first-order chi connectivity index (χ1) is 13.2. The Balaban J connectivity index is 1.28. The Morgan fingerprint density at radius 3 is 2.70 bits per heavy atom. The van der Waals surface area contributed by atoms with Crippen molar-refractivity contribution in [3.05, 3.63) is 35.2 Å². The maximum atomic E-state index is 13.0. The van der Waals surface area contributed by atoms with Gasteiger partial charge in [0.05, 0.1) is 17.1 Å². The highest BCUT2D eigenvalue weighted by Gasteiger charge is 2.42. The monoisotopic (exact) mass is 385 g/mol. The lowest BCUT2D eigenvalue weighted by atomic mass is 9.86. The maximum Gasteiger partial charge on any atom is 0.249 e. The van der Waals surface area contributed by atoms with Crippen molar-refractivity contribution < 1.29 is 9.21 Å². The Kier molecular flexibility index (Phi) is 4.43. The molecule has 3 aliphatic carbocycles. The fraction of sp³-hybridized carbons (Fsp3) is 0.571. The van der Waals surface area contributed by atoms with Gasteiger partial charge in [-0.2, -0.15) is 0 Å². The van der Waals surface area contributed by atoms with E-state index in [0.717, 1.165) is 30.2 Å². The van der Waals surface area contributed by atoms with Crippen LogP contribution in [0.15, 0.2) is 28.7 Å². The Labute approximate surface area is 164 Å². The first-order valence-electron chi connectivity index (χ1n) is 10.0. The van der Waals surface area contributed by atoms with Crippen LogP contribution >= 0.6 is 11.6 Å². The molecule has 2 bridgehead atoms. The zero-order valence-corrected chi connectivity index (χ0v) is 16.1. The van der Waals surface area contributed by atoms with Gasteiger partial charge in [0, 0.05) is 12.5 Å². The molecule has 5 nitrogen and oxygen atoms in total. The van der Waals surface area contributed by atoms with Gasteiger partial charge in [-0.3, -0.25) is 4.79 Å². The molecule has 1 heterocycles. The minimum atomic E-state index is 0.257. The molecule has 3 aliphatic rings. The molecule has 142 valence electrons. The van der Waals surface area contributed by atoms with Crippen LogP contribution in [-0.4, -0.2) is 27.0 Å². The van der Waals surface area contributed by atoms with Crippen LogP contribution < -0.4 is 0 Å². The van der Waals surface area contributed by atoms with E-state index in [9.17, 15) is 4.79 Å². The summed E-state index contributed by atoms with van der Waals surface area (Å²) in [5.41, 5.74) is 0.726. The maximum absolute atomic E-state index is 13.0. The van der Waals surface area contributed by atoms with Crippen LogP contribution in [0.1, 0.15) is 50.8 Å². The molecule has 0 spiro atoms. The molecule has 2 aromatic rings. The number of fused-ring (bicyclic) bond motifs is 2. The van der Waals surface area contributed by atoms with Crippen molar-refractivity contribution >= 4 is 17.5 Å². The molecule has 3 unspecified atom stereocenters. The van der Waals surface area contributed by atoms with Crippen molar-refractivity contribution in [2.75, 3.05) is 0 Å². The van der Waals surface area contributed by atoms with Gasteiger partial charge >= 0.3 is 0 Å². The fourth-order valence-corrected chi connectivity index (χ4v) is 5.20. The summed E-state index contributed by atoms with van der Waals surface area (Å²) in [5, 5.41) is 8.88. The molecule has 0 saturated heterocycles. The molecule has 0 aliphatic heterocycles. The molecule has 27 heavy (non-hydrogen) atoms. The molecular weight excluding hydrogens is 362 g/mol. The van der Waals surface area contributed by atoms with E-state index in [2.05, 4.69) is 10.2 Å². The van der Waals surface area contributed by atoms with Crippen molar-refractivity contribution in [3.63, 3.8) is 0 Å². The summed E-state index contributed by atoms with van der Waals surface area (Å²) in [6.07, 6.45) is 8.11. The van der Waals surface area contributed by atoms with E-state index in [4.69, 9.17) is 16.0 Å². The number of benzene rings is 1. The molecule has 1 amide bonds. The lowest BCUT2D eigenvalue weighted by molar-refractivity contribution is -0.134. The quantitative estimate of drug-likeness (QED) is 0.722. The Hall–Kier alpha value is -1.88. The lowest BCUT2D eigenvalue weighted by Crippen LogP contribution is -2.34. The fourth-order valence-electron chi connectivity index (χ4n) is 4.98. The number of hydrogen-bond donors (Lipinski definition) is 0. The molecule has 1 aromatic heterocycles. The number of carbonyl (C=O) groups is 1. The van der Waals surface area contributed by atoms with Crippen molar-refractivity contribution in [3.8, 4) is 11.5 Å². The highest BCUT2D eigenvalue weighted by molar-refractivity contribution is 6.33. The van der Waals surface area contributed by atoms with E-state index in [0.29, 0.717) is 41.7 Å². The second-order valence-corrected chi connectivity index (χ2v) is 8.78. The Morgan fingerprint density at radius 1 is 1.15 bits per heavy atom. The zero-order chi connectivity index (χ0) is 18.4. The van der Waals surface area contributed by atoms with Gasteiger partial charge in [0.15, 0.2) is 0 Å². The number of hydrogen-bond acceptors (Lipinski definition) is 4. The highest BCUT2D eigenvalue weighted by Crippen LogP contribution is 2.50. The second-order valence-electron chi connectivity index (χ2n) is 8.37. The minimum absolute atomic E-state index is 0.257. The molecule has 3 saturated carbocycles. The minimum Gasteiger partial charge on any atom is -0.419 e. The van der Waals surface area contributed by atoms with Crippen LogP contribution in [0.4, 0.5) is 0 Å². The van der Waals surface area contributed by atoms with E-state index in [1.54, 1.807) is 6.07 Å². The standard InChI is InChI=1S/C21H24ClN3O2/c22-18-4-2-1-3-17(18)21-24-23-19(27-21)12-25(16-7-8-16)20(26)11-15-10-13-5-6-14(15)9-13/h1-4,13-16H,5-12H2. The average Bonchev–Trinajstić information content (AvgIpc) is 3.06. The summed E-state index contributed by atoms with van der Waals surface area (Å²) in [6.45, 7) is 0.405. The third-order valence-corrected chi connectivity index (χ3v) is 6.84. The van der Waals surface area contributed by atoms with Gasteiger partial charge in [-0.05, 0) is 62.0 Å². The van der Waals surface area contributed by atoms with Gasteiger partial charge in [-0.1, -0.05) is 30.2 Å². The predicted octanol–water partition coefficient (Wildman–Crippen LogP) is 4.71. The smallest absolute Gasteiger partial charge is 0.249 e. The second kappa shape index (κ2) is 6.93. The van der Waals surface area contributed by atoms with E-state index < -0.39 is 0 Å². The lowest BCUT2D eigenvalue weighted by Gasteiger charge is -2.26. The third kappa shape index (κ3) is 3.49. The SMILES string of the molecule is O=C(CC1CC2CCC1C2)N(Cc1nnc(-c2ccccc2Cl)o1)C1CC1. The first-order valence-corrected chi connectivity index (χ1v) is 10.4. The number of carbonyl (C=O) groups excluding carboxylic acids is 1. The molecule has 0 radical (unpaired) electrons. The van der Waals surface area contributed by atoms with E-state index in [1.807, 2.05) is 23.1 Å². The van der Waals surface area contributed by atoms with Gasteiger partial charge in [0.25, 0.3) is 0 Å². The van der Waals surface area contributed by atoms with Gasteiger partial charge < -0.3 is 9.32 Å². The largest absolute Gasteiger partial charge is 0.419 e. The number of aromatic nitrogens is 2. The molecule has 3 atom stereocenters. The Morgan fingerprint density at radius 2 is 2.00 bits per heavy atom. The number of nitrogens with zero attached hydrogens (tertiary/aromatic N) is 3. The molecule has 0 N–H and O–H groups in total. The Bertz CT molecular complexity index is 847. The topological polar surface area (TPSA) is 59.2 Å². The van der Waals surface area contributed by atoms with Crippen LogP contribution in [-0.2, 0) is 11.3 Å². The number of rotatable bonds is 6. The van der Waals surface area contributed by atoms with E-state index in [-0.39, 0.29) is 5.91 Å². The van der Waals surface area contributed by atoms with Gasteiger partial charge in [-0.15, -0.1) is 10.2 Å². The molecule has 6 heteroatoms. The van der Waals surface area contributed by atoms with Crippen molar-refractivity contribution in [2.45, 2.75) is 57.5 Å². The van der Waals surface area contributed by atoms with Crippen molar-refractivity contribution in [1.29, 1.82) is 0 Å². The molecular formula is C21H24ClN3O2. The van der Waals surface area contributed by atoms with Crippen molar-refractivity contribution in [2.24, 2.45) is 17.8 Å². The summed E-state index contributed by atoms with van der Waals surface area (Å²) in [6, 6.07) is 7.76. The predicted molar refractivity (Wildman–Crippen MR) is 102 cm³/mol. The first kappa shape index (κ1) is 17.2.